The third-order valence-electron chi connectivity index (χ3n) is 2.29. The Morgan fingerprint density at radius 2 is 2.06 bits per heavy atom. The highest BCUT2D eigenvalue weighted by molar-refractivity contribution is 7.99. The van der Waals surface area contributed by atoms with Gasteiger partial charge in [-0.1, -0.05) is 11.6 Å². The molecule has 0 fully saturated rings. The Balaban J connectivity index is 2.36. The van der Waals surface area contributed by atoms with Crippen LogP contribution in [0.15, 0.2) is 28.5 Å². The van der Waals surface area contributed by atoms with E-state index in [0.717, 1.165) is 16.3 Å². The fourth-order valence-electron chi connectivity index (χ4n) is 1.55. The summed E-state index contributed by atoms with van der Waals surface area (Å²) < 4.78 is 0. The Bertz CT molecular complexity index is 557. The summed E-state index contributed by atoms with van der Waals surface area (Å²) in [6.07, 6.45) is 1.38. The fraction of sp³-hybridized carbons (Fsp3) is 0.250. The van der Waals surface area contributed by atoms with Crippen molar-refractivity contribution in [1.29, 1.82) is 0 Å². The van der Waals surface area contributed by atoms with Crippen molar-refractivity contribution in [2.24, 2.45) is 0 Å². The van der Waals surface area contributed by atoms with Gasteiger partial charge in [-0.3, -0.25) is 0 Å². The number of nitrogens with zero attached hydrogens (tertiary/aromatic N) is 3. The number of aryl methyl sites for hydroxylation is 2. The minimum absolute atomic E-state index is 0.188. The largest absolute Gasteiger partial charge is 0.391 e. The molecule has 0 saturated heterocycles. The van der Waals surface area contributed by atoms with Crippen LogP contribution in [0, 0.1) is 13.8 Å². The SMILES string of the molecule is Cc1cc(C)nc(Sc2ncnc(Cl)c2CO)c1. The van der Waals surface area contributed by atoms with Gasteiger partial charge in [-0.05, 0) is 43.3 Å². The second-order valence-corrected chi connectivity index (χ2v) is 5.20. The third-order valence-corrected chi connectivity index (χ3v) is 3.58. The van der Waals surface area contributed by atoms with Gasteiger partial charge in [-0.2, -0.15) is 0 Å². The van der Waals surface area contributed by atoms with E-state index >= 15 is 0 Å². The summed E-state index contributed by atoms with van der Waals surface area (Å²) in [5.74, 6) is 0. The zero-order valence-electron chi connectivity index (χ0n) is 10.0. The van der Waals surface area contributed by atoms with Crippen molar-refractivity contribution in [3.05, 3.63) is 40.4 Å². The predicted molar refractivity (Wildman–Crippen MR) is 70.8 cm³/mol. The maximum Gasteiger partial charge on any atom is 0.139 e. The van der Waals surface area contributed by atoms with Gasteiger partial charge in [0.05, 0.1) is 6.61 Å². The van der Waals surface area contributed by atoms with Gasteiger partial charge >= 0.3 is 0 Å². The van der Waals surface area contributed by atoms with E-state index < -0.39 is 0 Å². The smallest absolute Gasteiger partial charge is 0.139 e. The monoisotopic (exact) mass is 281 g/mol. The van der Waals surface area contributed by atoms with Gasteiger partial charge < -0.3 is 5.11 Å². The number of hydrogen-bond acceptors (Lipinski definition) is 5. The molecule has 1 N–H and O–H groups in total. The van der Waals surface area contributed by atoms with E-state index in [9.17, 15) is 5.11 Å². The molecule has 0 saturated carbocycles. The van der Waals surface area contributed by atoms with E-state index in [2.05, 4.69) is 15.0 Å². The Labute approximate surface area is 114 Å². The number of pyridine rings is 1. The molecule has 0 amide bonds. The van der Waals surface area contributed by atoms with Crippen molar-refractivity contribution in [2.45, 2.75) is 30.5 Å². The molecule has 0 spiro atoms. The topological polar surface area (TPSA) is 58.9 Å². The predicted octanol–water partition coefficient (Wildman–Crippen LogP) is 2.79. The van der Waals surface area contributed by atoms with Crippen molar-refractivity contribution >= 4 is 23.4 Å². The van der Waals surface area contributed by atoms with Crippen LogP contribution in [-0.4, -0.2) is 20.1 Å². The number of aromatic nitrogens is 3. The number of halogens is 1. The first kappa shape index (κ1) is 13.3. The quantitative estimate of drug-likeness (QED) is 0.877. The van der Waals surface area contributed by atoms with E-state index in [1.807, 2.05) is 26.0 Å². The molecule has 0 atom stereocenters. The van der Waals surface area contributed by atoms with Gasteiger partial charge in [-0.25, -0.2) is 15.0 Å². The molecule has 2 aromatic rings. The lowest BCUT2D eigenvalue weighted by molar-refractivity contribution is 0.277. The van der Waals surface area contributed by atoms with Gasteiger partial charge in [-0.15, -0.1) is 0 Å². The molecule has 2 aromatic heterocycles. The first-order valence-electron chi connectivity index (χ1n) is 5.33. The van der Waals surface area contributed by atoms with Crippen LogP contribution in [0.2, 0.25) is 5.15 Å². The molecule has 0 aromatic carbocycles. The number of rotatable bonds is 3. The van der Waals surface area contributed by atoms with Crippen LogP contribution in [0.1, 0.15) is 16.8 Å². The zero-order valence-corrected chi connectivity index (χ0v) is 11.6. The number of hydrogen-bond donors (Lipinski definition) is 1. The molecule has 0 unspecified atom stereocenters. The average Bonchev–Trinajstić information content (AvgIpc) is 2.27. The van der Waals surface area contributed by atoms with Gasteiger partial charge in [0.25, 0.3) is 0 Å². The van der Waals surface area contributed by atoms with E-state index in [1.54, 1.807) is 0 Å². The molecule has 0 aliphatic carbocycles. The fourth-order valence-corrected chi connectivity index (χ4v) is 2.82. The molecule has 18 heavy (non-hydrogen) atoms. The van der Waals surface area contributed by atoms with Gasteiger partial charge in [0.2, 0.25) is 0 Å². The second kappa shape index (κ2) is 5.65. The molecule has 0 aliphatic heterocycles. The highest BCUT2D eigenvalue weighted by Gasteiger charge is 2.11. The highest BCUT2D eigenvalue weighted by Crippen LogP contribution is 2.30. The number of aliphatic hydroxyl groups excluding tert-OH is 1. The first-order chi connectivity index (χ1) is 8.60. The summed E-state index contributed by atoms with van der Waals surface area (Å²) in [4.78, 5) is 12.4. The molecular formula is C12H12ClN3OS. The van der Waals surface area contributed by atoms with Crippen LogP contribution in [0.5, 0.6) is 0 Å². The Morgan fingerprint density at radius 1 is 1.28 bits per heavy atom. The van der Waals surface area contributed by atoms with Crippen molar-refractivity contribution in [1.82, 2.24) is 15.0 Å². The summed E-state index contributed by atoms with van der Waals surface area (Å²) in [6, 6.07) is 3.97. The molecule has 2 heterocycles. The Morgan fingerprint density at radius 3 is 2.72 bits per heavy atom. The van der Waals surface area contributed by atoms with Crippen molar-refractivity contribution in [3.63, 3.8) is 0 Å². The molecule has 2 rings (SSSR count). The lowest BCUT2D eigenvalue weighted by Gasteiger charge is -2.07. The molecule has 94 valence electrons. The third kappa shape index (κ3) is 2.98. The van der Waals surface area contributed by atoms with E-state index in [0.29, 0.717) is 10.6 Å². The molecular weight excluding hydrogens is 270 g/mol. The van der Waals surface area contributed by atoms with Crippen LogP contribution < -0.4 is 0 Å². The van der Waals surface area contributed by atoms with Crippen LogP contribution >= 0.6 is 23.4 Å². The van der Waals surface area contributed by atoms with Crippen LogP contribution in [0.4, 0.5) is 0 Å². The maximum atomic E-state index is 9.29. The standard InChI is InChI=1S/C12H12ClN3OS/c1-7-3-8(2)16-10(4-7)18-12-9(5-17)11(13)14-6-15-12/h3-4,6,17H,5H2,1-2H3. The summed E-state index contributed by atoms with van der Waals surface area (Å²) in [7, 11) is 0. The van der Waals surface area contributed by atoms with Crippen molar-refractivity contribution in [3.8, 4) is 0 Å². The molecule has 0 bridgehead atoms. The second-order valence-electron chi connectivity index (χ2n) is 3.83. The number of aliphatic hydroxyl groups is 1. The van der Waals surface area contributed by atoms with Crippen molar-refractivity contribution < 1.29 is 5.11 Å². The summed E-state index contributed by atoms with van der Waals surface area (Å²) in [6.45, 7) is 3.77. The Hall–Kier alpha value is -1.17. The summed E-state index contributed by atoms with van der Waals surface area (Å²) >= 11 is 7.29. The maximum absolute atomic E-state index is 9.29. The minimum Gasteiger partial charge on any atom is -0.391 e. The van der Waals surface area contributed by atoms with E-state index in [1.165, 1.54) is 18.1 Å². The Kier molecular flexibility index (Phi) is 4.16. The van der Waals surface area contributed by atoms with E-state index in [4.69, 9.17) is 11.6 Å². The van der Waals surface area contributed by atoms with E-state index in [-0.39, 0.29) is 11.8 Å². The van der Waals surface area contributed by atoms with Crippen LogP contribution in [-0.2, 0) is 6.61 Å². The summed E-state index contributed by atoms with van der Waals surface area (Å²) in [5.41, 5.74) is 2.61. The molecule has 6 heteroatoms. The molecule has 0 aliphatic rings. The van der Waals surface area contributed by atoms with Gasteiger partial charge in [0.1, 0.15) is 21.5 Å². The van der Waals surface area contributed by atoms with Crippen molar-refractivity contribution in [2.75, 3.05) is 0 Å². The first-order valence-corrected chi connectivity index (χ1v) is 6.53. The lowest BCUT2D eigenvalue weighted by Crippen LogP contribution is -1.96. The molecule has 4 nitrogen and oxygen atoms in total. The van der Waals surface area contributed by atoms with Gasteiger partial charge in [0.15, 0.2) is 0 Å². The zero-order chi connectivity index (χ0) is 13.1. The average molecular weight is 282 g/mol. The lowest BCUT2D eigenvalue weighted by atomic mass is 10.3. The highest BCUT2D eigenvalue weighted by atomic mass is 35.5. The minimum atomic E-state index is -0.188. The molecule has 0 radical (unpaired) electrons. The van der Waals surface area contributed by atoms with Crippen LogP contribution in [0.25, 0.3) is 0 Å². The normalized spacial score (nSPS) is 10.7. The van der Waals surface area contributed by atoms with Crippen LogP contribution in [0.3, 0.4) is 0 Å². The van der Waals surface area contributed by atoms with Gasteiger partial charge in [0, 0.05) is 11.3 Å². The summed E-state index contributed by atoms with van der Waals surface area (Å²) in [5, 5.41) is 11.0.